The van der Waals surface area contributed by atoms with Crippen LogP contribution in [0.4, 0.5) is 18.9 Å². The van der Waals surface area contributed by atoms with Gasteiger partial charge in [-0.15, -0.1) is 10.2 Å². The maximum atomic E-state index is 12.6. The predicted octanol–water partition coefficient (Wildman–Crippen LogP) is 3.25. The largest absolute Gasteiger partial charge is 0.453 e. The minimum Gasteiger partial charge on any atom is -0.335 e. The number of carbonyl (C=O) groups is 1. The van der Waals surface area contributed by atoms with Gasteiger partial charge >= 0.3 is 6.18 Å². The number of rotatable bonds is 5. The summed E-state index contributed by atoms with van der Waals surface area (Å²) in [5.74, 6) is 4.04. The van der Waals surface area contributed by atoms with Gasteiger partial charge in [-0.3, -0.25) is 4.79 Å². The molecule has 0 unspecified atom stereocenters. The van der Waals surface area contributed by atoms with Crippen molar-refractivity contribution in [3.8, 4) is 0 Å². The number of hydrogen-bond acceptors (Lipinski definition) is 5. The molecule has 136 valence electrons. The van der Waals surface area contributed by atoms with Crippen molar-refractivity contribution in [2.45, 2.75) is 43.3 Å². The van der Waals surface area contributed by atoms with Crippen LogP contribution in [0.25, 0.3) is 0 Å². The van der Waals surface area contributed by atoms with Crippen molar-refractivity contribution >= 4 is 23.4 Å². The minimum absolute atomic E-state index is 0.190. The van der Waals surface area contributed by atoms with Crippen molar-refractivity contribution in [2.24, 2.45) is 0 Å². The van der Waals surface area contributed by atoms with Crippen LogP contribution in [-0.4, -0.2) is 26.0 Å². The summed E-state index contributed by atoms with van der Waals surface area (Å²) < 4.78 is 38.3. The average molecular weight is 373 g/mol. The van der Waals surface area contributed by atoms with Crippen LogP contribution in [0.3, 0.4) is 0 Å². The highest BCUT2D eigenvalue weighted by molar-refractivity contribution is 8.00. The number of amides is 1. The van der Waals surface area contributed by atoms with Crippen molar-refractivity contribution in [1.29, 1.82) is 0 Å². The molecule has 0 radical (unpaired) electrons. The number of nitrogens with zero attached hydrogens (tertiary/aromatic N) is 3. The van der Waals surface area contributed by atoms with Crippen molar-refractivity contribution in [2.75, 3.05) is 11.2 Å². The lowest BCUT2D eigenvalue weighted by atomic mass is 10.0. The Kier molecular flexibility index (Phi) is 5.61. The lowest BCUT2D eigenvalue weighted by Crippen LogP contribution is -2.25. The molecular weight excluding hydrogens is 355 g/mol. The van der Waals surface area contributed by atoms with E-state index < -0.39 is 17.3 Å². The molecule has 0 fully saturated rings. The molecule has 0 bridgehead atoms. The molecule has 2 rings (SSSR count). The molecule has 2 aromatic rings. The van der Waals surface area contributed by atoms with E-state index in [9.17, 15) is 18.0 Å². The summed E-state index contributed by atoms with van der Waals surface area (Å²) in [5.41, 5.74) is 1.74. The Morgan fingerprint density at radius 1 is 1.20 bits per heavy atom. The van der Waals surface area contributed by atoms with Crippen molar-refractivity contribution in [3.05, 3.63) is 35.7 Å². The highest BCUT2D eigenvalue weighted by Crippen LogP contribution is 2.30. The second kappa shape index (κ2) is 7.34. The number of alkyl halides is 3. The number of thioether (sulfide) groups is 1. The fraction of sp³-hybridized carbons (Fsp3) is 0.400. The van der Waals surface area contributed by atoms with Gasteiger partial charge in [0.2, 0.25) is 11.1 Å². The predicted molar refractivity (Wildman–Crippen MR) is 89.7 cm³/mol. The van der Waals surface area contributed by atoms with Crippen LogP contribution in [0.5, 0.6) is 0 Å². The van der Waals surface area contributed by atoms with E-state index in [4.69, 9.17) is 5.84 Å². The van der Waals surface area contributed by atoms with Gasteiger partial charge in [-0.05, 0) is 30.5 Å². The molecule has 6 nitrogen and oxygen atoms in total. The van der Waals surface area contributed by atoms with E-state index in [1.165, 1.54) is 0 Å². The van der Waals surface area contributed by atoms with Gasteiger partial charge in [-0.1, -0.05) is 37.7 Å². The summed E-state index contributed by atoms with van der Waals surface area (Å²) in [5, 5.41) is 8.22. The molecule has 1 aromatic carbocycles. The minimum atomic E-state index is -4.70. The van der Waals surface area contributed by atoms with E-state index in [1.54, 1.807) is 19.1 Å². The zero-order valence-corrected chi connectivity index (χ0v) is 14.6. The fourth-order valence-electron chi connectivity index (χ4n) is 1.96. The maximum absolute atomic E-state index is 12.6. The van der Waals surface area contributed by atoms with Gasteiger partial charge in [0, 0.05) is 5.69 Å². The topological polar surface area (TPSA) is 85.8 Å². The average Bonchev–Trinajstić information content (AvgIpc) is 2.88. The molecule has 3 N–H and O–H groups in total. The first-order chi connectivity index (χ1) is 11.6. The number of nitrogens with two attached hydrogens (primary N) is 1. The van der Waals surface area contributed by atoms with Crippen molar-refractivity contribution in [1.82, 2.24) is 14.9 Å². The van der Waals surface area contributed by atoms with Crippen LogP contribution in [0, 0.1) is 0 Å². The number of nitrogen functional groups attached to an aromatic ring is 1. The molecule has 1 heterocycles. The monoisotopic (exact) mass is 373 g/mol. The first kappa shape index (κ1) is 19.1. The Morgan fingerprint density at radius 3 is 2.28 bits per heavy atom. The second-order valence-corrected chi connectivity index (χ2v) is 7.01. The molecule has 0 spiro atoms. The molecular formula is C15H18F3N5OS. The van der Waals surface area contributed by atoms with E-state index in [2.05, 4.69) is 29.4 Å². The van der Waals surface area contributed by atoms with Crippen molar-refractivity contribution < 1.29 is 18.0 Å². The van der Waals surface area contributed by atoms with Crippen LogP contribution in [0.2, 0.25) is 0 Å². The van der Waals surface area contributed by atoms with Crippen LogP contribution >= 0.6 is 11.8 Å². The molecule has 1 atom stereocenters. The molecule has 25 heavy (non-hydrogen) atoms. The van der Waals surface area contributed by atoms with Crippen LogP contribution in [0.15, 0.2) is 29.4 Å². The number of halogens is 3. The molecule has 10 heteroatoms. The third kappa shape index (κ3) is 4.65. The first-order valence-electron chi connectivity index (χ1n) is 7.44. The van der Waals surface area contributed by atoms with Crippen LogP contribution < -0.4 is 11.2 Å². The Labute approximate surface area is 147 Å². The normalized spacial score (nSPS) is 13.1. The van der Waals surface area contributed by atoms with Gasteiger partial charge in [0.15, 0.2) is 0 Å². The van der Waals surface area contributed by atoms with E-state index in [0.29, 0.717) is 16.3 Å². The molecule has 1 amide bonds. The molecule has 0 aliphatic rings. The summed E-state index contributed by atoms with van der Waals surface area (Å²) in [6, 6.07) is 7.37. The molecule has 0 saturated carbocycles. The summed E-state index contributed by atoms with van der Waals surface area (Å²) in [7, 11) is 0. The second-order valence-electron chi connectivity index (χ2n) is 5.70. The third-order valence-corrected chi connectivity index (χ3v) is 4.47. The Balaban J connectivity index is 2.02. The standard InChI is InChI=1S/C15H18F3N5OS/c1-8(2)10-4-6-11(7-5-10)20-12(24)9(3)25-14-22-21-13(23(14)19)15(16,17)18/h4-9H,19H2,1-3H3,(H,20,24)/t9-/m0/s1. The van der Waals surface area contributed by atoms with Crippen molar-refractivity contribution in [3.63, 3.8) is 0 Å². The molecule has 0 aliphatic carbocycles. The highest BCUT2D eigenvalue weighted by Gasteiger charge is 2.38. The van der Waals surface area contributed by atoms with Gasteiger partial charge in [0.05, 0.1) is 5.25 Å². The zero-order valence-electron chi connectivity index (χ0n) is 13.8. The summed E-state index contributed by atoms with van der Waals surface area (Å²) in [6.07, 6.45) is -4.70. The van der Waals surface area contributed by atoms with Crippen LogP contribution in [0.1, 0.15) is 38.1 Å². The smallest absolute Gasteiger partial charge is 0.335 e. The zero-order chi connectivity index (χ0) is 18.8. The van der Waals surface area contributed by atoms with Gasteiger partial charge in [-0.25, -0.2) is 4.68 Å². The lowest BCUT2D eigenvalue weighted by Gasteiger charge is -2.13. The maximum Gasteiger partial charge on any atom is 0.453 e. The quantitative estimate of drug-likeness (QED) is 0.621. The van der Waals surface area contributed by atoms with E-state index >= 15 is 0 Å². The summed E-state index contributed by atoms with van der Waals surface area (Å²) >= 11 is 0.795. The summed E-state index contributed by atoms with van der Waals surface area (Å²) in [6.45, 7) is 5.67. The molecule has 1 aromatic heterocycles. The molecule has 0 saturated heterocycles. The van der Waals surface area contributed by atoms with E-state index in [1.807, 2.05) is 12.1 Å². The lowest BCUT2D eigenvalue weighted by molar-refractivity contribution is -0.146. The number of benzene rings is 1. The number of carbonyl (C=O) groups excluding carboxylic acids is 1. The Morgan fingerprint density at radius 2 is 1.80 bits per heavy atom. The fourth-order valence-corrected chi connectivity index (χ4v) is 2.73. The number of hydrogen-bond donors (Lipinski definition) is 2. The van der Waals surface area contributed by atoms with Gasteiger partial charge < -0.3 is 11.2 Å². The van der Waals surface area contributed by atoms with Crippen LogP contribution in [-0.2, 0) is 11.0 Å². The van der Waals surface area contributed by atoms with Gasteiger partial charge in [0.25, 0.3) is 5.82 Å². The Hall–Kier alpha value is -2.23. The van der Waals surface area contributed by atoms with Gasteiger partial charge in [-0.2, -0.15) is 13.2 Å². The number of nitrogens with one attached hydrogen (secondary N) is 1. The van der Waals surface area contributed by atoms with E-state index in [0.717, 1.165) is 17.3 Å². The first-order valence-corrected chi connectivity index (χ1v) is 8.32. The van der Waals surface area contributed by atoms with E-state index in [-0.39, 0.29) is 11.1 Å². The summed E-state index contributed by atoms with van der Waals surface area (Å²) in [4.78, 5) is 12.2. The molecule has 0 aliphatic heterocycles. The number of aromatic nitrogens is 3. The third-order valence-electron chi connectivity index (χ3n) is 3.41. The highest BCUT2D eigenvalue weighted by atomic mass is 32.2. The number of anilines is 1. The van der Waals surface area contributed by atoms with Gasteiger partial charge in [0.1, 0.15) is 0 Å². The Bertz CT molecular complexity index is 743. The SMILES string of the molecule is CC(C)c1ccc(NC(=O)[C@H](C)Sc2nnc(C(F)(F)F)n2N)cc1.